The van der Waals surface area contributed by atoms with Gasteiger partial charge in [-0.15, -0.1) is 0 Å². The first-order valence-electron chi connectivity index (χ1n) is 8.63. The number of rotatable bonds is 3. The van der Waals surface area contributed by atoms with Gasteiger partial charge in [-0.2, -0.15) is 5.10 Å². The molecule has 0 aliphatic carbocycles. The number of hydrogen-bond donors (Lipinski definition) is 0. The summed E-state index contributed by atoms with van der Waals surface area (Å²) in [6.45, 7) is 0.732. The van der Waals surface area contributed by atoms with Crippen molar-refractivity contribution in [2.75, 3.05) is 6.54 Å². The third kappa shape index (κ3) is 3.07. The van der Waals surface area contributed by atoms with Gasteiger partial charge in [0.25, 0.3) is 5.91 Å². The van der Waals surface area contributed by atoms with E-state index in [2.05, 4.69) is 10.1 Å². The van der Waals surface area contributed by atoms with E-state index in [9.17, 15) is 4.79 Å². The Morgan fingerprint density at radius 3 is 2.84 bits per heavy atom. The Kier molecular flexibility index (Phi) is 4.33. The van der Waals surface area contributed by atoms with Gasteiger partial charge >= 0.3 is 0 Å². The van der Waals surface area contributed by atoms with Gasteiger partial charge in [0.1, 0.15) is 18.4 Å². The number of aromatic nitrogens is 3. The average Bonchev–Trinajstić information content (AvgIpc) is 3.32. The number of amides is 1. The van der Waals surface area contributed by atoms with Crippen molar-refractivity contribution >= 4 is 5.91 Å². The Morgan fingerprint density at radius 1 is 1.12 bits per heavy atom. The highest BCUT2D eigenvalue weighted by Crippen LogP contribution is 2.32. The SMILES string of the molecule is O=C(c1ccccc1-n1cncn1)N1CCCCC[C@H]1c1ccco1. The molecule has 1 saturated heterocycles. The summed E-state index contributed by atoms with van der Waals surface area (Å²) in [6, 6.07) is 11.3. The maximum Gasteiger partial charge on any atom is 0.256 e. The lowest BCUT2D eigenvalue weighted by Crippen LogP contribution is -2.35. The van der Waals surface area contributed by atoms with Crippen LogP contribution in [0.1, 0.15) is 47.8 Å². The minimum Gasteiger partial charge on any atom is -0.467 e. The van der Waals surface area contributed by atoms with Crippen molar-refractivity contribution in [3.63, 3.8) is 0 Å². The van der Waals surface area contributed by atoms with E-state index in [4.69, 9.17) is 4.42 Å². The van der Waals surface area contributed by atoms with Gasteiger partial charge in [0.2, 0.25) is 0 Å². The first-order chi connectivity index (χ1) is 12.3. The fourth-order valence-corrected chi connectivity index (χ4v) is 3.47. The molecule has 1 atom stereocenters. The van der Waals surface area contributed by atoms with E-state index in [1.54, 1.807) is 17.3 Å². The largest absolute Gasteiger partial charge is 0.467 e. The van der Waals surface area contributed by atoms with E-state index in [1.165, 1.54) is 6.33 Å². The van der Waals surface area contributed by atoms with Crippen molar-refractivity contribution in [2.45, 2.75) is 31.7 Å². The maximum absolute atomic E-state index is 13.4. The monoisotopic (exact) mass is 336 g/mol. The summed E-state index contributed by atoms with van der Waals surface area (Å²) < 4.78 is 7.26. The molecule has 6 heteroatoms. The van der Waals surface area contributed by atoms with Crippen LogP contribution < -0.4 is 0 Å². The van der Waals surface area contributed by atoms with Gasteiger partial charge in [0.05, 0.1) is 23.6 Å². The Bertz CT molecular complexity index is 827. The molecule has 0 unspecified atom stereocenters. The standard InChI is InChI=1S/C19H20N4O2/c24-19(15-7-3-4-8-16(15)23-14-20-13-21-23)22-11-5-1-2-9-17(22)18-10-6-12-25-18/h3-4,6-8,10,12-14,17H,1-2,5,9,11H2/t17-/m0/s1. The molecule has 25 heavy (non-hydrogen) atoms. The predicted octanol–water partition coefficient (Wildman–Crippen LogP) is 3.62. The third-order valence-corrected chi connectivity index (χ3v) is 4.69. The molecule has 0 spiro atoms. The summed E-state index contributed by atoms with van der Waals surface area (Å²) in [5.41, 5.74) is 1.37. The number of carbonyl (C=O) groups excluding carboxylic acids is 1. The number of para-hydroxylation sites is 1. The van der Waals surface area contributed by atoms with Crippen LogP contribution in [0.3, 0.4) is 0 Å². The molecule has 2 aromatic heterocycles. The topological polar surface area (TPSA) is 64.2 Å². The Labute approximate surface area is 146 Å². The molecule has 1 aromatic carbocycles. The fourth-order valence-electron chi connectivity index (χ4n) is 3.47. The Balaban J connectivity index is 1.72. The van der Waals surface area contributed by atoms with Gasteiger partial charge in [-0.1, -0.05) is 25.0 Å². The normalized spacial score (nSPS) is 18.1. The van der Waals surface area contributed by atoms with Crippen LogP contribution in [0.5, 0.6) is 0 Å². The van der Waals surface area contributed by atoms with Crippen molar-refractivity contribution in [2.24, 2.45) is 0 Å². The van der Waals surface area contributed by atoms with Crippen LogP contribution in [0.2, 0.25) is 0 Å². The second-order valence-corrected chi connectivity index (χ2v) is 6.24. The highest BCUT2D eigenvalue weighted by molar-refractivity contribution is 5.98. The average molecular weight is 336 g/mol. The van der Waals surface area contributed by atoms with Crippen molar-refractivity contribution in [1.29, 1.82) is 0 Å². The van der Waals surface area contributed by atoms with Gasteiger partial charge in [0, 0.05) is 6.54 Å². The molecular formula is C19H20N4O2. The van der Waals surface area contributed by atoms with E-state index < -0.39 is 0 Å². The lowest BCUT2D eigenvalue weighted by molar-refractivity contribution is 0.0658. The minimum atomic E-state index is -0.0196. The van der Waals surface area contributed by atoms with Crippen LogP contribution >= 0.6 is 0 Å². The second kappa shape index (κ2) is 6.93. The van der Waals surface area contributed by atoms with Crippen molar-refractivity contribution in [1.82, 2.24) is 19.7 Å². The molecule has 1 aliphatic heterocycles. The number of furan rings is 1. The number of hydrogen-bond acceptors (Lipinski definition) is 4. The van der Waals surface area contributed by atoms with E-state index >= 15 is 0 Å². The molecule has 1 amide bonds. The van der Waals surface area contributed by atoms with Gasteiger partial charge in [0.15, 0.2) is 0 Å². The van der Waals surface area contributed by atoms with Crippen molar-refractivity contribution in [3.8, 4) is 5.69 Å². The minimum absolute atomic E-state index is 0.00870. The molecule has 1 aliphatic rings. The Hall–Kier alpha value is -2.89. The van der Waals surface area contributed by atoms with Crippen LogP contribution in [-0.4, -0.2) is 32.1 Å². The highest BCUT2D eigenvalue weighted by Gasteiger charge is 2.30. The number of carbonyl (C=O) groups is 1. The van der Waals surface area contributed by atoms with Gasteiger partial charge < -0.3 is 9.32 Å². The molecule has 1 fully saturated rings. The third-order valence-electron chi connectivity index (χ3n) is 4.69. The summed E-state index contributed by atoms with van der Waals surface area (Å²) in [6.07, 6.45) is 8.91. The molecule has 128 valence electrons. The summed E-state index contributed by atoms with van der Waals surface area (Å²) in [7, 11) is 0. The summed E-state index contributed by atoms with van der Waals surface area (Å²) in [5.74, 6) is 0.864. The van der Waals surface area contributed by atoms with Crippen molar-refractivity contribution < 1.29 is 9.21 Å². The Morgan fingerprint density at radius 2 is 2.04 bits per heavy atom. The summed E-state index contributed by atoms with van der Waals surface area (Å²) >= 11 is 0. The second-order valence-electron chi connectivity index (χ2n) is 6.24. The molecule has 0 saturated carbocycles. The van der Waals surface area contributed by atoms with Crippen LogP contribution in [-0.2, 0) is 0 Å². The molecule has 0 N–H and O–H groups in total. The molecular weight excluding hydrogens is 316 g/mol. The lowest BCUT2D eigenvalue weighted by atomic mass is 10.1. The number of nitrogens with zero attached hydrogens (tertiary/aromatic N) is 4. The van der Waals surface area contributed by atoms with Gasteiger partial charge in [-0.25, -0.2) is 9.67 Å². The zero-order valence-electron chi connectivity index (χ0n) is 13.9. The highest BCUT2D eigenvalue weighted by atomic mass is 16.3. The van der Waals surface area contributed by atoms with E-state index in [-0.39, 0.29) is 11.9 Å². The van der Waals surface area contributed by atoms with Crippen LogP contribution in [0.25, 0.3) is 5.69 Å². The quantitative estimate of drug-likeness (QED) is 0.733. The molecule has 0 radical (unpaired) electrons. The zero-order valence-corrected chi connectivity index (χ0v) is 13.9. The van der Waals surface area contributed by atoms with Crippen LogP contribution in [0, 0.1) is 0 Å². The molecule has 6 nitrogen and oxygen atoms in total. The first-order valence-corrected chi connectivity index (χ1v) is 8.63. The van der Waals surface area contributed by atoms with Crippen LogP contribution in [0.15, 0.2) is 59.7 Å². The predicted molar refractivity (Wildman–Crippen MR) is 92.3 cm³/mol. The lowest BCUT2D eigenvalue weighted by Gasteiger charge is -2.29. The van der Waals surface area contributed by atoms with Crippen LogP contribution in [0.4, 0.5) is 0 Å². The fraction of sp³-hybridized carbons (Fsp3) is 0.316. The molecule has 3 aromatic rings. The van der Waals surface area contributed by atoms with Gasteiger partial charge in [-0.05, 0) is 37.1 Å². The summed E-state index contributed by atoms with van der Waals surface area (Å²) in [5, 5.41) is 4.18. The first kappa shape index (κ1) is 15.6. The van der Waals surface area contributed by atoms with E-state index in [0.717, 1.165) is 43.7 Å². The number of likely N-dealkylation sites (tertiary alicyclic amines) is 1. The van der Waals surface area contributed by atoms with E-state index in [0.29, 0.717) is 5.56 Å². The molecule has 0 bridgehead atoms. The van der Waals surface area contributed by atoms with E-state index in [1.807, 2.05) is 41.3 Å². The smallest absolute Gasteiger partial charge is 0.256 e. The summed E-state index contributed by atoms with van der Waals surface area (Å²) in [4.78, 5) is 19.3. The molecule has 4 rings (SSSR count). The number of benzene rings is 1. The van der Waals surface area contributed by atoms with Crippen molar-refractivity contribution in [3.05, 3.63) is 66.6 Å². The zero-order chi connectivity index (χ0) is 17.1. The van der Waals surface area contributed by atoms with Gasteiger partial charge in [-0.3, -0.25) is 4.79 Å². The maximum atomic E-state index is 13.4. The molecule has 3 heterocycles.